The molecular formula is C24H22BrN3O5. The third-order valence-electron chi connectivity index (χ3n) is 4.57. The number of urea groups is 1. The van der Waals surface area contributed by atoms with Crippen molar-refractivity contribution >= 4 is 45.5 Å². The van der Waals surface area contributed by atoms with Crippen molar-refractivity contribution in [3.8, 4) is 23.8 Å². The molecule has 1 saturated heterocycles. The fourth-order valence-electron chi connectivity index (χ4n) is 3.01. The van der Waals surface area contributed by atoms with Crippen LogP contribution in [-0.4, -0.2) is 42.5 Å². The number of benzene rings is 2. The molecule has 1 fully saturated rings. The van der Waals surface area contributed by atoms with Crippen LogP contribution in [0.5, 0.6) is 11.5 Å². The second-order valence-corrected chi connectivity index (χ2v) is 7.89. The van der Waals surface area contributed by atoms with Crippen LogP contribution in [0.4, 0.5) is 10.5 Å². The van der Waals surface area contributed by atoms with Gasteiger partial charge < -0.3 is 20.1 Å². The Morgan fingerprint density at radius 2 is 1.91 bits per heavy atom. The van der Waals surface area contributed by atoms with Gasteiger partial charge >= 0.3 is 6.03 Å². The van der Waals surface area contributed by atoms with Gasteiger partial charge in [0.15, 0.2) is 11.5 Å². The third-order valence-corrected chi connectivity index (χ3v) is 5.26. The van der Waals surface area contributed by atoms with E-state index in [-0.39, 0.29) is 12.3 Å². The summed E-state index contributed by atoms with van der Waals surface area (Å²) in [6.45, 7) is 3.80. The van der Waals surface area contributed by atoms with Crippen molar-refractivity contribution in [2.45, 2.75) is 13.8 Å². The van der Waals surface area contributed by atoms with Crippen LogP contribution in [-0.2, 0) is 9.59 Å². The van der Waals surface area contributed by atoms with Crippen molar-refractivity contribution in [1.82, 2.24) is 10.2 Å². The molecule has 8 nitrogen and oxygen atoms in total. The number of halogens is 1. The number of hydrogen-bond acceptors (Lipinski definition) is 5. The summed E-state index contributed by atoms with van der Waals surface area (Å²) in [6.07, 6.45) is 6.75. The maximum atomic E-state index is 12.8. The molecule has 1 heterocycles. The molecule has 170 valence electrons. The molecular weight excluding hydrogens is 490 g/mol. The zero-order valence-corrected chi connectivity index (χ0v) is 19.7. The molecule has 0 radical (unpaired) electrons. The van der Waals surface area contributed by atoms with Gasteiger partial charge in [-0.15, -0.1) is 6.42 Å². The highest BCUT2D eigenvalue weighted by molar-refractivity contribution is 9.10. The van der Waals surface area contributed by atoms with Gasteiger partial charge in [-0.1, -0.05) is 39.5 Å². The van der Waals surface area contributed by atoms with Crippen LogP contribution in [0, 0.1) is 19.3 Å². The van der Waals surface area contributed by atoms with Crippen LogP contribution in [0.25, 0.3) is 6.08 Å². The van der Waals surface area contributed by atoms with Crippen molar-refractivity contribution in [2.75, 3.05) is 25.1 Å². The van der Waals surface area contributed by atoms with Crippen LogP contribution >= 0.6 is 15.9 Å². The SMILES string of the molecule is C#CCOc1cc(Br)c(/C=C2/NC(=O)N(CC(=O)Nc3ccc(C)cc3)C2=O)cc1OCC. The van der Waals surface area contributed by atoms with Crippen LogP contribution < -0.4 is 20.1 Å². The van der Waals surface area contributed by atoms with Crippen molar-refractivity contribution in [1.29, 1.82) is 0 Å². The van der Waals surface area contributed by atoms with Gasteiger partial charge in [0.25, 0.3) is 5.91 Å². The summed E-state index contributed by atoms with van der Waals surface area (Å²) in [5.41, 5.74) is 2.23. The number of imide groups is 1. The number of nitrogens with one attached hydrogen (secondary N) is 2. The Hall–Kier alpha value is -3.77. The average Bonchev–Trinajstić information content (AvgIpc) is 3.04. The molecule has 0 saturated carbocycles. The van der Waals surface area contributed by atoms with Gasteiger partial charge in [0.05, 0.1) is 6.61 Å². The minimum absolute atomic E-state index is 0.0311. The number of terminal acetylenes is 1. The first-order chi connectivity index (χ1) is 15.8. The zero-order valence-electron chi connectivity index (χ0n) is 18.1. The minimum atomic E-state index is -0.680. The van der Waals surface area contributed by atoms with Crippen molar-refractivity contribution in [2.24, 2.45) is 0 Å². The number of rotatable bonds is 8. The highest BCUT2D eigenvalue weighted by atomic mass is 79.9. The molecule has 0 bridgehead atoms. The van der Waals surface area contributed by atoms with Gasteiger partial charge in [0, 0.05) is 10.2 Å². The first-order valence-electron chi connectivity index (χ1n) is 10.1. The molecule has 2 aromatic rings. The second kappa shape index (κ2) is 10.7. The van der Waals surface area contributed by atoms with Crippen LogP contribution in [0.15, 0.2) is 46.6 Å². The lowest BCUT2D eigenvalue weighted by atomic mass is 10.1. The van der Waals surface area contributed by atoms with Crippen molar-refractivity contribution in [3.63, 3.8) is 0 Å². The van der Waals surface area contributed by atoms with Gasteiger partial charge in [0.1, 0.15) is 18.8 Å². The Morgan fingerprint density at radius 3 is 2.58 bits per heavy atom. The van der Waals surface area contributed by atoms with E-state index in [1.54, 1.807) is 24.3 Å². The Kier molecular flexibility index (Phi) is 7.74. The molecule has 1 aliphatic heterocycles. The summed E-state index contributed by atoms with van der Waals surface area (Å²) in [5.74, 6) is 2.17. The molecule has 4 amide bonds. The van der Waals surface area contributed by atoms with Crippen LogP contribution in [0.2, 0.25) is 0 Å². The fourth-order valence-corrected chi connectivity index (χ4v) is 3.45. The lowest BCUT2D eigenvalue weighted by Gasteiger charge is -2.13. The number of amides is 4. The van der Waals surface area contributed by atoms with Crippen molar-refractivity contribution in [3.05, 3.63) is 57.7 Å². The normalized spacial score (nSPS) is 14.1. The summed E-state index contributed by atoms with van der Waals surface area (Å²) in [7, 11) is 0. The van der Waals surface area contributed by atoms with E-state index in [1.807, 2.05) is 26.0 Å². The number of ether oxygens (including phenoxy) is 2. The number of hydrogen-bond donors (Lipinski definition) is 2. The molecule has 3 rings (SSSR count). The molecule has 0 aliphatic carbocycles. The lowest BCUT2D eigenvalue weighted by Crippen LogP contribution is -2.38. The number of nitrogens with zero attached hydrogens (tertiary/aromatic N) is 1. The fraction of sp³-hybridized carbons (Fsp3) is 0.208. The van der Waals surface area contributed by atoms with Crippen LogP contribution in [0.1, 0.15) is 18.1 Å². The van der Waals surface area contributed by atoms with E-state index in [9.17, 15) is 14.4 Å². The smallest absolute Gasteiger partial charge is 0.329 e. The van der Waals surface area contributed by atoms with E-state index in [0.29, 0.717) is 33.8 Å². The number of carbonyl (C=O) groups excluding carboxylic acids is 3. The van der Waals surface area contributed by atoms with Gasteiger partial charge in [0.2, 0.25) is 5.91 Å². The van der Waals surface area contributed by atoms with E-state index >= 15 is 0 Å². The predicted molar refractivity (Wildman–Crippen MR) is 128 cm³/mol. The average molecular weight is 512 g/mol. The summed E-state index contributed by atoms with van der Waals surface area (Å²) in [4.78, 5) is 38.3. The maximum absolute atomic E-state index is 12.8. The summed E-state index contributed by atoms with van der Waals surface area (Å²) in [6, 6.07) is 9.84. The van der Waals surface area contributed by atoms with E-state index in [0.717, 1.165) is 10.5 Å². The summed E-state index contributed by atoms with van der Waals surface area (Å²) >= 11 is 3.43. The Balaban J connectivity index is 1.77. The topological polar surface area (TPSA) is 97.0 Å². The molecule has 0 spiro atoms. The van der Waals surface area contributed by atoms with E-state index in [4.69, 9.17) is 15.9 Å². The Bertz CT molecular complexity index is 1150. The van der Waals surface area contributed by atoms with Crippen LogP contribution in [0.3, 0.4) is 0 Å². The van der Waals surface area contributed by atoms with E-state index in [2.05, 4.69) is 32.5 Å². The summed E-state index contributed by atoms with van der Waals surface area (Å²) in [5, 5.41) is 5.18. The number of anilines is 1. The quantitative estimate of drug-likeness (QED) is 0.320. The Morgan fingerprint density at radius 1 is 1.21 bits per heavy atom. The second-order valence-electron chi connectivity index (χ2n) is 7.04. The molecule has 33 heavy (non-hydrogen) atoms. The van der Waals surface area contributed by atoms with E-state index in [1.165, 1.54) is 6.08 Å². The van der Waals surface area contributed by atoms with E-state index < -0.39 is 24.4 Å². The Labute approximate surface area is 200 Å². The third kappa shape index (κ3) is 5.93. The molecule has 9 heteroatoms. The molecule has 0 aromatic heterocycles. The van der Waals surface area contributed by atoms with Crippen molar-refractivity contribution < 1.29 is 23.9 Å². The molecule has 0 unspecified atom stereocenters. The predicted octanol–water partition coefficient (Wildman–Crippen LogP) is 3.70. The van der Waals surface area contributed by atoms with Gasteiger partial charge in [-0.05, 0) is 49.8 Å². The van der Waals surface area contributed by atoms with Gasteiger partial charge in [-0.25, -0.2) is 9.69 Å². The molecule has 0 atom stereocenters. The number of carbonyl (C=O) groups is 3. The maximum Gasteiger partial charge on any atom is 0.329 e. The summed E-state index contributed by atoms with van der Waals surface area (Å²) < 4.78 is 11.7. The van der Waals surface area contributed by atoms with Gasteiger partial charge in [-0.2, -0.15) is 0 Å². The molecule has 1 aliphatic rings. The highest BCUT2D eigenvalue weighted by Gasteiger charge is 2.35. The number of aryl methyl sites for hydroxylation is 1. The minimum Gasteiger partial charge on any atom is -0.490 e. The monoisotopic (exact) mass is 511 g/mol. The van der Waals surface area contributed by atoms with Gasteiger partial charge in [-0.3, -0.25) is 9.59 Å². The lowest BCUT2D eigenvalue weighted by molar-refractivity contribution is -0.127. The molecule has 2 aromatic carbocycles. The largest absolute Gasteiger partial charge is 0.490 e. The zero-order chi connectivity index (χ0) is 24.0. The first-order valence-corrected chi connectivity index (χ1v) is 10.8. The molecule has 2 N–H and O–H groups in total. The standard InChI is InChI=1S/C24H22BrN3O5/c1-4-10-33-21-13-18(25)16(12-20(21)32-5-2)11-19-23(30)28(24(31)27-19)14-22(29)26-17-8-6-15(3)7-9-17/h1,6-9,11-13H,5,10,14H2,2-3H3,(H,26,29)(H,27,31)/b19-11+. The highest BCUT2D eigenvalue weighted by Crippen LogP contribution is 2.35. The first kappa shape index (κ1) is 23.9.